The zero-order chi connectivity index (χ0) is 13.9. The van der Waals surface area contributed by atoms with Crippen LogP contribution in [0.25, 0.3) is 0 Å². The summed E-state index contributed by atoms with van der Waals surface area (Å²) in [6.45, 7) is 17.1. The molecule has 0 atom stereocenters. The van der Waals surface area contributed by atoms with Gasteiger partial charge in [-0.25, -0.2) is 0 Å². The molecule has 17 heavy (non-hydrogen) atoms. The van der Waals surface area contributed by atoms with Crippen LogP contribution in [0.3, 0.4) is 0 Å². The predicted molar refractivity (Wildman–Crippen MR) is 76.7 cm³/mol. The molecule has 0 aliphatic heterocycles. The van der Waals surface area contributed by atoms with Crippen molar-refractivity contribution in [3.05, 3.63) is 29.3 Å². The molecule has 0 aliphatic carbocycles. The maximum atomic E-state index is 9.57. The Morgan fingerprint density at radius 2 is 1.29 bits per heavy atom. The lowest BCUT2D eigenvalue weighted by atomic mass is 9.85. The highest BCUT2D eigenvalue weighted by Gasteiger charge is 2.17. The summed E-state index contributed by atoms with van der Waals surface area (Å²) < 4.78 is 0. The molecule has 0 bridgehead atoms. The summed E-state index contributed by atoms with van der Waals surface area (Å²) in [6, 6.07) is 5.72. The van der Waals surface area contributed by atoms with Crippen LogP contribution >= 0.6 is 0 Å². The van der Waals surface area contributed by atoms with Crippen LogP contribution in [0.15, 0.2) is 18.2 Å². The largest absolute Gasteiger partial charge is 0.508 e. The Morgan fingerprint density at radius 1 is 0.882 bits per heavy atom. The lowest BCUT2D eigenvalue weighted by Gasteiger charge is -2.20. The van der Waals surface area contributed by atoms with Gasteiger partial charge in [0.05, 0.1) is 0 Å². The van der Waals surface area contributed by atoms with Crippen molar-refractivity contribution in [2.75, 3.05) is 0 Å². The third kappa shape index (κ3) is 7.84. The highest BCUT2D eigenvalue weighted by Crippen LogP contribution is 2.30. The summed E-state index contributed by atoms with van der Waals surface area (Å²) in [4.78, 5) is 0. The SMILES string of the molecule is CC(C)(C)C.Cc1ccc(O)c(C(C)(C)C)c1. The van der Waals surface area contributed by atoms with E-state index in [1.807, 2.05) is 19.1 Å². The molecule has 0 amide bonds. The number of phenolic OH excluding ortho intramolecular Hbond substituents is 1. The van der Waals surface area contributed by atoms with Gasteiger partial charge in [-0.15, -0.1) is 0 Å². The molecule has 0 spiro atoms. The molecule has 0 unspecified atom stereocenters. The van der Waals surface area contributed by atoms with Gasteiger partial charge in [-0.3, -0.25) is 0 Å². The molecule has 1 N–H and O–H groups in total. The third-order valence-corrected chi connectivity index (χ3v) is 1.96. The Labute approximate surface area is 107 Å². The van der Waals surface area contributed by atoms with Crippen LogP contribution < -0.4 is 0 Å². The first-order chi connectivity index (χ1) is 7.41. The van der Waals surface area contributed by atoms with Gasteiger partial charge in [-0.2, -0.15) is 0 Å². The normalized spacial score (nSPS) is 11.8. The molecule has 0 saturated carbocycles. The van der Waals surface area contributed by atoms with E-state index in [0.717, 1.165) is 5.56 Å². The first-order valence-corrected chi connectivity index (χ1v) is 6.21. The quantitative estimate of drug-likeness (QED) is 0.668. The molecule has 98 valence electrons. The molecule has 0 radical (unpaired) electrons. The zero-order valence-corrected chi connectivity index (χ0v) is 12.7. The van der Waals surface area contributed by atoms with E-state index in [0.29, 0.717) is 11.2 Å². The molecule has 0 saturated heterocycles. The number of aromatic hydroxyl groups is 1. The van der Waals surface area contributed by atoms with Gasteiger partial charge in [-0.1, -0.05) is 66.2 Å². The van der Waals surface area contributed by atoms with Crippen molar-refractivity contribution in [3.8, 4) is 5.75 Å². The van der Waals surface area contributed by atoms with Gasteiger partial charge < -0.3 is 5.11 Å². The van der Waals surface area contributed by atoms with Crippen LogP contribution in [-0.4, -0.2) is 5.11 Å². The standard InChI is InChI=1S/C11H16O.C5H12/c1-8-5-6-10(12)9(7-8)11(2,3)4;1-5(2,3)4/h5-7,12H,1-4H3;1-4H3. The molecular formula is C16H28O. The van der Waals surface area contributed by atoms with E-state index in [4.69, 9.17) is 0 Å². The highest BCUT2D eigenvalue weighted by molar-refractivity contribution is 5.39. The van der Waals surface area contributed by atoms with Gasteiger partial charge in [0.25, 0.3) is 0 Å². The van der Waals surface area contributed by atoms with E-state index in [2.05, 4.69) is 48.5 Å². The Balaban J connectivity index is 0.000000437. The zero-order valence-electron chi connectivity index (χ0n) is 12.7. The summed E-state index contributed by atoms with van der Waals surface area (Å²) in [6.07, 6.45) is 0. The van der Waals surface area contributed by atoms with Crippen LogP contribution in [0.1, 0.15) is 59.6 Å². The summed E-state index contributed by atoms with van der Waals surface area (Å²) in [5.74, 6) is 0.396. The number of aryl methyl sites for hydroxylation is 1. The van der Waals surface area contributed by atoms with E-state index in [-0.39, 0.29) is 5.41 Å². The maximum Gasteiger partial charge on any atom is 0.119 e. The number of phenols is 1. The van der Waals surface area contributed by atoms with Crippen molar-refractivity contribution in [1.82, 2.24) is 0 Å². The maximum absolute atomic E-state index is 9.57. The molecular weight excluding hydrogens is 208 g/mol. The molecule has 0 heterocycles. The van der Waals surface area contributed by atoms with Crippen molar-refractivity contribution in [3.63, 3.8) is 0 Å². The molecule has 1 aromatic rings. The van der Waals surface area contributed by atoms with Gasteiger partial charge in [0.1, 0.15) is 5.75 Å². The Kier molecular flexibility index (Phi) is 5.25. The van der Waals surface area contributed by atoms with Crippen LogP contribution in [0.4, 0.5) is 0 Å². The van der Waals surface area contributed by atoms with Crippen LogP contribution in [0.5, 0.6) is 5.75 Å². The summed E-state index contributed by atoms with van der Waals surface area (Å²) in [7, 11) is 0. The van der Waals surface area contributed by atoms with E-state index < -0.39 is 0 Å². The first kappa shape index (κ1) is 16.0. The van der Waals surface area contributed by atoms with E-state index in [1.54, 1.807) is 6.07 Å². The Bertz CT molecular complexity index is 345. The van der Waals surface area contributed by atoms with Crippen LogP contribution in [0, 0.1) is 12.3 Å². The Morgan fingerprint density at radius 3 is 1.59 bits per heavy atom. The van der Waals surface area contributed by atoms with E-state index >= 15 is 0 Å². The lowest BCUT2D eigenvalue weighted by Crippen LogP contribution is -2.11. The minimum Gasteiger partial charge on any atom is -0.508 e. The van der Waals surface area contributed by atoms with Gasteiger partial charge in [0, 0.05) is 0 Å². The summed E-state index contributed by atoms with van der Waals surface area (Å²) >= 11 is 0. The second-order valence-corrected chi connectivity index (χ2v) is 7.27. The molecule has 0 aliphatic rings. The smallest absolute Gasteiger partial charge is 0.119 e. The number of hydrogen-bond acceptors (Lipinski definition) is 1. The van der Waals surface area contributed by atoms with Crippen molar-refractivity contribution in [1.29, 1.82) is 0 Å². The highest BCUT2D eigenvalue weighted by atomic mass is 16.3. The van der Waals surface area contributed by atoms with Crippen molar-refractivity contribution < 1.29 is 5.11 Å². The topological polar surface area (TPSA) is 20.2 Å². The second-order valence-electron chi connectivity index (χ2n) is 7.27. The number of benzene rings is 1. The molecule has 1 aromatic carbocycles. The predicted octanol–water partition coefficient (Wildman–Crippen LogP) is 5.05. The molecule has 1 nitrogen and oxygen atoms in total. The van der Waals surface area contributed by atoms with Crippen molar-refractivity contribution in [2.24, 2.45) is 5.41 Å². The fraction of sp³-hybridized carbons (Fsp3) is 0.625. The molecule has 0 aromatic heterocycles. The fourth-order valence-electron chi connectivity index (χ4n) is 1.25. The minimum absolute atomic E-state index is 0.0239. The van der Waals surface area contributed by atoms with Crippen LogP contribution in [-0.2, 0) is 5.41 Å². The summed E-state index contributed by atoms with van der Waals surface area (Å²) in [5.41, 5.74) is 2.73. The molecule has 0 fully saturated rings. The number of hydrogen-bond donors (Lipinski definition) is 1. The Hall–Kier alpha value is -0.980. The third-order valence-electron chi connectivity index (χ3n) is 1.96. The first-order valence-electron chi connectivity index (χ1n) is 6.21. The number of rotatable bonds is 0. The van der Waals surface area contributed by atoms with Gasteiger partial charge >= 0.3 is 0 Å². The lowest BCUT2D eigenvalue weighted by molar-refractivity contribution is 0.446. The molecule has 1 rings (SSSR count). The fourth-order valence-corrected chi connectivity index (χ4v) is 1.25. The van der Waals surface area contributed by atoms with Gasteiger partial charge in [0.2, 0.25) is 0 Å². The monoisotopic (exact) mass is 236 g/mol. The van der Waals surface area contributed by atoms with E-state index in [9.17, 15) is 5.11 Å². The van der Waals surface area contributed by atoms with Gasteiger partial charge in [-0.05, 0) is 29.4 Å². The van der Waals surface area contributed by atoms with Crippen molar-refractivity contribution >= 4 is 0 Å². The van der Waals surface area contributed by atoms with Gasteiger partial charge in [0.15, 0.2) is 0 Å². The average molecular weight is 236 g/mol. The summed E-state index contributed by atoms with van der Waals surface area (Å²) in [5, 5.41) is 9.57. The molecule has 1 heteroatoms. The van der Waals surface area contributed by atoms with Crippen molar-refractivity contribution in [2.45, 2.75) is 60.8 Å². The van der Waals surface area contributed by atoms with E-state index in [1.165, 1.54) is 5.56 Å². The minimum atomic E-state index is 0.0239. The second kappa shape index (κ2) is 5.57. The average Bonchev–Trinajstić information content (AvgIpc) is 2.04. The van der Waals surface area contributed by atoms with Crippen LogP contribution in [0.2, 0.25) is 0 Å².